The smallest absolute Gasteiger partial charge is 0.410 e. The molecule has 0 saturated carbocycles. The van der Waals surface area contributed by atoms with Crippen molar-refractivity contribution in [3.05, 3.63) is 0 Å². The number of hydrogen-bond donors (Lipinski definition) is 1. The minimum absolute atomic E-state index is 0.0567. The number of carbonyl (C=O) groups excluding carboxylic acids is 2. The average molecular weight is 255 g/mol. The second-order valence-corrected chi connectivity index (χ2v) is 5.95. The molecule has 2 aliphatic heterocycles. The van der Waals surface area contributed by atoms with Gasteiger partial charge >= 0.3 is 6.09 Å². The minimum Gasteiger partial charge on any atom is -0.444 e. The van der Waals surface area contributed by atoms with E-state index in [-0.39, 0.29) is 24.1 Å². The summed E-state index contributed by atoms with van der Waals surface area (Å²) in [6.45, 7) is 7.06. The first-order chi connectivity index (χ1) is 8.28. The van der Waals surface area contributed by atoms with Crippen molar-refractivity contribution in [2.45, 2.75) is 44.9 Å². The SMILES string of the molecule is CC(C)(C)OC(=O)N1CCN2C(=O)CC(N)C2C1. The van der Waals surface area contributed by atoms with E-state index in [0.717, 1.165) is 0 Å². The van der Waals surface area contributed by atoms with Crippen molar-refractivity contribution in [2.24, 2.45) is 5.73 Å². The fourth-order valence-corrected chi connectivity index (χ4v) is 2.43. The summed E-state index contributed by atoms with van der Waals surface area (Å²) >= 11 is 0. The van der Waals surface area contributed by atoms with Crippen molar-refractivity contribution in [1.82, 2.24) is 9.80 Å². The Morgan fingerprint density at radius 1 is 1.39 bits per heavy atom. The lowest BCUT2D eigenvalue weighted by Crippen LogP contribution is -2.57. The second kappa shape index (κ2) is 4.42. The van der Waals surface area contributed by atoms with E-state index < -0.39 is 5.60 Å². The second-order valence-electron chi connectivity index (χ2n) is 5.95. The summed E-state index contributed by atoms with van der Waals surface area (Å²) < 4.78 is 5.33. The number of carbonyl (C=O) groups is 2. The monoisotopic (exact) mass is 255 g/mol. The Hall–Kier alpha value is -1.30. The van der Waals surface area contributed by atoms with Gasteiger partial charge < -0.3 is 20.3 Å². The highest BCUT2D eigenvalue weighted by Crippen LogP contribution is 2.23. The van der Waals surface area contributed by atoms with Crippen LogP contribution in [0.25, 0.3) is 0 Å². The van der Waals surface area contributed by atoms with Crippen LogP contribution in [-0.2, 0) is 9.53 Å². The van der Waals surface area contributed by atoms with Gasteiger partial charge in [-0.05, 0) is 20.8 Å². The Morgan fingerprint density at radius 2 is 2.06 bits per heavy atom. The molecule has 18 heavy (non-hydrogen) atoms. The summed E-state index contributed by atoms with van der Waals surface area (Å²) in [7, 11) is 0. The number of amides is 2. The Kier molecular flexibility index (Phi) is 3.23. The van der Waals surface area contributed by atoms with Crippen LogP contribution in [0.4, 0.5) is 4.79 Å². The van der Waals surface area contributed by atoms with Gasteiger partial charge in [-0.25, -0.2) is 4.79 Å². The van der Waals surface area contributed by atoms with Crippen LogP contribution >= 0.6 is 0 Å². The molecule has 2 saturated heterocycles. The molecule has 2 atom stereocenters. The number of rotatable bonds is 0. The quantitative estimate of drug-likeness (QED) is 0.669. The third kappa shape index (κ3) is 2.58. The van der Waals surface area contributed by atoms with Crippen LogP contribution in [0.1, 0.15) is 27.2 Å². The molecule has 2 amide bonds. The third-order valence-electron chi connectivity index (χ3n) is 3.30. The number of hydrogen-bond acceptors (Lipinski definition) is 4. The number of fused-ring (bicyclic) bond motifs is 1. The maximum atomic E-state index is 11.9. The van der Waals surface area contributed by atoms with E-state index in [0.29, 0.717) is 26.1 Å². The van der Waals surface area contributed by atoms with Crippen molar-refractivity contribution in [3.63, 3.8) is 0 Å². The van der Waals surface area contributed by atoms with Crippen molar-refractivity contribution in [3.8, 4) is 0 Å². The molecule has 2 rings (SSSR count). The maximum Gasteiger partial charge on any atom is 0.410 e. The van der Waals surface area contributed by atoms with Gasteiger partial charge in [-0.2, -0.15) is 0 Å². The minimum atomic E-state index is -0.498. The van der Waals surface area contributed by atoms with Crippen LogP contribution in [0.15, 0.2) is 0 Å². The van der Waals surface area contributed by atoms with E-state index in [9.17, 15) is 9.59 Å². The summed E-state index contributed by atoms with van der Waals surface area (Å²) in [5, 5.41) is 0. The lowest BCUT2D eigenvalue weighted by Gasteiger charge is -2.39. The van der Waals surface area contributed by atoms with Gasteiger partial charge in [0.2, 0.25) is 5.91 Å². The van der Waals surface area contributed by atoms with E-state index in [2.05, 4.69) is 0 Å². The Bertz CT molecular complexity index is 364. The summed E-state index contributed by atoms with van der Waals surface area (Å²) in [5.41, 5.74) is 5.43. The molecule has 6 nitrogen and oxygen atoms in total. The number of nitrogens with zero attached hydrogens (tertiary/aromatic N) is 2. The van der Waals surface area contributed by atoms with Crippen LogP contribution in [-0.4, -0.2) is 59.1 Å². The first-order valence-corrected chi connectivity index (χ1v) is 6.31. The Morgan fingerprint density at radius 3 is 2.67 bits per heavy atom. The largest absolute Gasteiger partial charge is 0.444 e. The number of piperazine rings is 1. The molecule has 0 bridgehead atoms. The molecular weight excluding hydrogens is 234 g/mol. The van der Waals surface area contributed by atoms with Gasteiger partial charge in [0.1, 0.15) is 5.60 Å². The molecule has 0 aromatic heterocycles. The zero-order valence-corrected chi connectivity index (χ0v) is 11.2. The van der Waals surface area contributed by atoms with E-state index in [4.69, 9.17) is 10.5 Å². The topological polar surface area (TPSA) is 75.9 Å². The van der Waals surface area contributed by atoms with Gasteiger partial charge in [0, 0.05) is 32.1 Å². The van der Waals surface area contributed by atoms with E-state index in [1.807, 2.05) is 20.8 Å². The zero-order chi connectivity index (χ0) is 13.5. The molecule has 0 aliphatic carbocycles. The van der Waals surface area contributed by atoms with E-state index in [1.165, 1.54) is 0 Å². The molecule has 0 aromatic carbocycles. The molecule has 2 unspecified atom stereocenters. The van der Waals surface area contributed by atoms with Gasteiger partial charge in [0.15, 0.2) is 0 Å². The molecule has 2 aliphatic rings. The standard InChI is InChI=1S/C12H21N3O3/c1-12(2,3)18-11(17)14-4-5-15-9(7-14)8(13)6-10(15)16/h8-9H,4-7,13H2,1-3H3. The Balaban J connectivity index is 1.98. The average Bonchev–Trinajstić information content (AvgIpc) is 2.52. The molecular formula is C12H21N3O3. The predicted octanol–water partition coefficient (Wildman–Crippen LogP) is 0.165. The van der Waals surface area contributed by atoms with Crippen molar-refractivity contribution in [2.75, 3.05) is 19.6 Å². The van der Waals surface area contributed by atoms with Crippen molar-refractivity contribution < 1.29 is 14.3 Å². The fourth-order valence-electron chi connectivity index (χ4n) is 2.43. The highest BCUT2D eigenvalue weighted by Gasteiger charge is 2.42. The third-order valence-corrected chi connectivity index (χ3v) is 3.30. The highest BCUT2D eigenvalue weighted by atomic mass is 16.6. The van der Waals surface area contributed by atoms with Gasteiger partial charge in [-0.3, -0.25) is 4.79 Å². The first-order valence-electron chi connectivity index (χ1n) is 6.31. The molecule has 2 heterocycles. The number of ether oxygens (including phenoxy) is 1. The molecule has 6 heteroatoms. The highest BCUT2D eigenvalue weighted by molar-refractivity contribution is 5.80. The molecule has 0 radical (unpaired) electrons. The molecule has 102 valence electrons. The van der Waals surface area contributed by atoms with E-state index in [1.54, 1.807) is 9.80 Å². The lowest BCUT2D eigenvalue weighted by molar-refractivity contribution is -0.130. The first kappa shape index (κ1) is 13.1. The number of nitrogens with two attached hydrogens (primary N) is 1. The van der Waals surface area contributed by atoms with Crippen LogP contribution in [0.2, 0.25) is 0 Å². The molecule has 2 fully saturated rings. The lowest BCUT2D eigenvalue weighted by atomic mass is 10.1. The summed E-state index contributed by atoms with van der Waals surface area (Å²) in [6.07, 6.45) is 0.0565. The Labute approximate surface area is 107 Å². The van der Waals surface area contributed by atoms with Gasteiger partial charge in [0.25, 0.3) is 0 Å². The van der Waals surface area contributed by atoms with Gasteiger partial charge in [-0.1, -0.05) is 0 Å². The normalized spacial score (nSPS) is 28.3. The molecule has 2 N–H and O–H groups in total. The van der Waals surface area contributed by atoms with Crippen molar-refractivity contribution >= 4 is 12.0 Å². The van der Waals surface area contributed by atoms with Crippen LogP contribution < -0.4 is 5.73 Å². The summed E-state index contributed by atoms with van der Waals surface area (Å²) in [5.74, 6) is 0.0938. The summed E-state index contributed by atoms with van der Waals surface area (Å²) in [6, 6.07) is -0.235. The van der Waals surface area contributed by atoms with Crippen LogP contribution in [0.3, 0.4) is 0 Å². The molecule has 0 spiro atoms. The van der Waals surface area contributed by atoms with Gasteiger partial charge in [0.05, 0.1) is 6.04 Å². The van der Waals surface area contributed by atoms with E-state index >= 15 is 0 Å². The fraction of sp³-hybridized carbons (Fsp3) is 0.833. The predicted molar refractivity (Wildman–Crippen MR) is 65.9 cm³/mol. The van der Waals surface area contributed by atoms with Crippen LogP contribution in [0.5, 0.6) is 0 Å². The molecule has 0 aromatic rings. The zero-order valence-electron chi connectivity index (χ0n) is 11.2. The van der Waals surface area contributed by atoms with Crippen molar-refractivity contribution in [1.29, 1.82) is 0 Å². The van der Waals surface area contributed by atoms with Crippen LogP contribution in [0, 0.1) is 0 Å². The summed E-state index contributed by atoms with van der Waals surface area (Å²) in [4.78, 5) is 27.0. The maximum absolute atomic E-state index is 11.9. The van der Waals surface area contributed by atoms with Gasteiger partial charge in [-0.15, -0.1) is 0 Å².